The molecule has 0 aliphatic rings. The van der Waals surface area contributed by atoms with Crippen LogP contribution in [-0.4, -0.2) is 5.33 Å². The lowest BCUT2D eigenvalue weighted by Gasteiger charge is -2.06. The summed E-state index contributed by atoms with van der Waals surface area (Å²) in [5.41, 5.74) is 2.45. The van der Waals surface area contributed by atoms with Gasteiger partial charge in [0.15, 0.2) is 0 Å². The summed E-state index contributed by atoms with van der Waals surface area (Å²) in [6.07, 6.45) is 2.19. The Morgan fingerprint density at radius 2 is 2.00 bits per heavy atom. The molecule has 13 heavy (non-hydrogen) atoms. The first-order valence-corrected chi connectivity index (χ1v) is 6.20. The minimum absolute atomic E-state index is 0.540. The monoisotopic (exact) mass is 280 g/mol. The van der Waals surface area contributed by atoms with Crippen molar-refractivity contribution < 1.29 is 0 Å². The molecule has 0 aromatic heterocycles. The molecule has 0 N–H and O–H groups in total. The molecule has 1 rings (SSSR count). The Kier molecular flexibility index (Phi) is 5.15. The second-order valence-corrected chi connectivity index (χ2v) is 4.34. The van der Waals surface area contributed by atoms with Crippen LogP contribution in [0.2, 0.25) is 5.02 Å². The van der Waals surface area contributed by atoms with Crippen LogP contribution in [-0.2, 0) is 12.3 Å². The average molecular weight is 282 g/mol. The predicted octanol–water partition coefficient (Wildman–Crippen LogP) is 4.41. The first kappa shape index (κ1) is 11.4. The molecule has 0 saturated carbocycles. The first-order valence-electron chi connectivity index (χ1n) is 4.17. The van der Waals surface area contributed by atoms with E-state index in [1.54, 1.807) is 0 Å². The van der Waals surface area contributed by atoms with Gasteiger partial charge in [-0.05, 0) is 36.1 Å². The molecule has 0 atom stereocenters. The van der Waals surface area contributed by atoms with Gasteiger partial charge in [0, 0.05) is 16.2 Å². The van der Waals surface area contributed by atoms with E-state index in [4.69, 9.17) is 23.2 Å². The zero-order valence-corrected chi connectivity index (χ0v) is 10.3. The molecule has 0 nitrogen and oxygen atoms in total. The highest BCUT2D eigenvalue weighted by atomic mass is 79.9. The molecule has 0 radical (unpaired) electrons. The molecule has 1 aromatic rings. The lowest BCUT2D eigenvalue weighted by atomic mass is 10.0. The molecule has 3 heteroatoms. The first-order chi connectivity index (χ1) is 6.27. The van der Waals surface area contributed by atoms with E-state index < -0.39 is 0 Å². The molecule has 0 spiro atoms. The second kappa shape index (κ2) is 5.90. The second-order valence-electron chi connectivity index (χ2n) is 2.84. The van der Waals surface area contributed by atoms with E-state index in [-0.39, 0.29) is 0 Å². The number of hydrogen-bond acceptors (Lipinski definition) is 0. The van der Waals surface area contributed by atoms with E-state index in [9.17, 15) is 0 Å². The third-order valence-corrected chi connectivity index (χ3v) is 2.98. The van der Waals surface area contributed by atoms with Crippen molar-refractivity contribution in [2.24, 2.45) is 0 Å². The Hall–Kier alpha value is 0.280. The number of hydrogen-bond donors (Lipinski definition) is 0. The SMILES string of the molecule is ClCc1cc(Cl)ccc1CCCBr. The van der Waals surface area contributed by atoms with Crippen molar-refractivity contribution in [2.75, 3.05) is 5.33 Å². The van der Waals surface area contributed by atoms with Crippen LogP contribution in [0.1, 0.15) is 17.5 Å². The van der Waals surface area contributed by atoms with Gasteiger partial charge in [0.05, 0.1) is 0 Å². The molecule has 1 aromatic carbocycles. The summed E-state index contributed by atoms with van der Waals surface area (Å²) in [4.78, 5) is 0. The van der Waals surface area contributed by atoms with Crippen molar-refractivity contribution in [1.29, 1.82) is 0 Å². The molecular formula is C10H11BrCl2. The molecule has 0 bridgehead atoms. The largest absolute Gasteiger partial charge is 0.122 e. The fourth-order valence-electron chi connectivity index (χ4n) is 1.22. The Bertz CT molecular complexity index is 274. The van der Waals surface area contributed by atoms with Gasteiger partial charge in [-0.3, -0.25) is 0 Å². The molecule has 0 heterocycles. The molecule has 0 unspecified atom stereocenters. The van der Waals surface area contributed by atoms with E-state index in [1.807, 2.05) is 12.1 Å². The van der Waals surface area contributed by atoms with Gasteiger partial charge in [-0.2, -0.15) is 0 Å². The Balaban J connectivity index is 2.79. The van der Waals surface area contributed by atoms with Gasteiger partial charge in [-0.1, -0.05) is 33.6 Å². The van der Waals surface area contributed by atoms with Gasteiger partial charge in [0.25, 0.3) is 0 Å². The molecule has 0 aliphatic heterocycles. The fourth-order valence-corrected chi connectivity index (χ4v) is 1.94. The Labute approximate surface area is 97.4 Å². The van der Waals surface area contributed by atoms with Crippen LogP contribution in [0, 0.1) is 0 Å². The minimum atomic E-state index is 0.540. The topological polar surface area (TPSA) is 0 Å². The third kappa shape index (κ3) is 3.49. The normalized spacial score (nSPS) is 10.4. The van der Waals surface area contributed by atoms with Crippen molar-refractivity contribution in [2.45, 2.75) is 18.7 Å². The minimum Gasteiger partial charge on any atom is -0.122 e. The van der Waals surface area contributed by atoms with E-state index in [0.717, 1.165) is 28.8 Å². The van der Waals surface area contributed by atoms with Crippen LogP contribution in [0.15, 0.2) is 18.2 Å². The van der Waals surface area contributed by atoms with Crippen molar-refractivity contribution in [3.63, 3.8) is 0 Å². The maximum absolute atomic E-state index is 5.86. The zero-order chi connectivity index (χ0) is 9.68. The van der Waals surface area contributed by atoms with Crippen LogP contribution in [0.4, 0.5) is 0 Å². The van der Waals surface area contributed by atoms with Crippen molar-refractivity contribution >= 4 is 39.1 Å². The fraction of sp³-hybridized carbons (Fsp3) is 0.400. The van der Waals surface area contributed by atoms with E-state index in [1.165, 1.54) is 5.56 Å². The number of benzene rings is 1. The lowest BCUT2D eigenvalue weighted by Crippen LogP contribution is -1.92. The van der Waals surface area contributed by atoms with Crippen LogP contribution in [0.25, 0.3) is 0 Å². The van der Waals surface area contributed by atoms with Crippen molar-refractivity contribution in [3.8, 4) is 0 Å². The van der Waals surface area contributed by atoms with Gasteiger partial charge in [-0.15, -0.1) is 11.6 Å². The summed E-state index contributed by atoms with van der Waals surface area (Å²) in [7, 11) is 0. The highest BCUT2D eigenvalue weighted by Gasteiger charge is 2.01. The summed E-state index contributed by atoms with van der Waals surface area (Å²) in [5.74, 6) is 0.540. The van der Waals surface area contributed by atoms with Gasteiger partial charge < -0.3 is 0 Å². The summed E-state index contributed by atoms with van der Waals surface area (Å²) >= 11 is 15.1. The van der Waals surface area contributed by atoms with Gasteiger partial charge >= 0.3 is 0 Å². The van der Waals surface area contributed by atoms with Gasteiger partial charge in [0.2, 0.25) is 0 Å². The van der Waals surface area contributed by atoms with Crippen LogP contribution in [0.3, 0.4) is 0 Å². The predicted molar refractivity (Wildman–Crippen MR) is 63.1 cm³/mol. The standard InChI is InChI=1S/C10H11BrCl2/c11-5-1-2-8-3-4-10(13)6-9(8)7-12/h3-4,6H,1-2,5,7H2. The van der Waals surface area contributed by atoms with Crippen molar-refractivity contribution in [1.82, 2.24) is 0 Å². The maximum Gasteiger partial charge on any atom is 0.0477 e. The number of rotatable bonds is 4. The van der Waals surface area contributed by atoms with E-state index >= 15 is 0 Å². The Morgan fingerprint density at radius 3 is 2.62 bits per heavy atom. The maximum atomic E-state index is 5.86. The number of halogens is 3. The summed E-state index contributed by atoms with van der Waals surface area (Å²) in [5, 5.41) is 1.79. The lowest BCUT2D eigenvalue weighted by molar-refractivity contribution is 0.927. The highest BCUT2D eigenvalue weighted by Crippen LogP contribution is 2.19. The van der Waals surface area contributed by atoms with Gasteiger partial charge in [-0.25, -0.2) is 0 Å². The third-order valence-electron chi connectivity index (χ3n) is 1.89. The number of alkyl halides is 2. The summed E-state index contributed by atoms with van der Waals surface area (Å²) in [6.45, 7) is 0. The van der Waals surface area contributed by atoms with Crippen LogP contribution < -0.4 is 0 Å². The smallest absolute Gasteiger partial charge is 0.0477 e. The molecular weight excluding hydrogens is 271 g/mol. The zero-order valence-electron chi connectivity index (χ0n) is 7.19. The Morgan fingerprint density at radius 1 is 1.23 bits per heavy atom. The van der Waals surface area contributed by atoms with Crippen molar-refractivity contribution in [3.05, 3.63) is 34.3 Å². The highest BCUT2D eigenvalue weighted by molar-refractivity contribution is 9.09. The molecule has 0 fully saturated rings. The number of aryl methyl sites for hydroxylation is 1. The molecule has 0 saturated heterocycles. The average Bonchev–Trinajstić information content (AvgIpc) is 2.16. The quantitative estimate of drug-likeness (QED) is 0.718. The molecule has 0 aliphatic carbocycles. The summed E-state index contributed by atoms with van der Waals surface area (Å²) in [6, 6.07) is 5.92. The summed E-state index contributed by atoms with van der Waals surface area (Å²) < 4.78 is 0. The van der Waals surface area contributed by atoms with Crippen LogP contribution >= 0.6 is 39.1 Å². The van der Waals surface area contributed by atoms with Gasteiger partial charge in [0.1, 0.15) is 0 Å². The van der Waals surface area contributed by atoms with E-state index in [0.29, 0.717) is 5.88 Å². The molecule has 72 valence electrons. The van der Waals surface area contributed by atoms with E-state index in [2.05, 4.69) is 22.0 Å². The molecule has 0 amide bonds. The van der Waals surface area contributed by atoms with Crippen LogP contribution in [0.5, 0.6) is 0 Å².